The van der Waals surface area contributed by atoms with Crippen molar-refractivity contribution >= 4 is 19.7 Å². The topological polar surface area (TPSA) is 34.1 Å². The van der Waals surface area contributed by atoms with Crippen molar-refractivity contribution in [3.05, 3.63) is 0 Å². The Labute approximate surface area is 60.3 Å². The van der Waals surface area contributed by atoms with Gasteiger partial charge in [-0.2, -0.15) is 0 Å². The van der Waals surface area contributed by atoms with E-state index in [1.54, 1.807) is 0 Å². The summed E-state index contributed by atoms with van der Waals surface area (Å²) in [6.45, 7) is 2.04. The lowest BCUT2D eigenvalue weighted by Crippen LogP contribution is -1.89. The van der Waals surface area contributed by atoms with Crippen LogP contribution in [0.3, 0.4) is 0 Å². The lowest BCUT2D eigenvalue weighted by Gasteiger charge is -1.93. The fourth-order valence-electron chi connectivity index (χ4n) is 0.355. The van der Waals surface area contributed by atoms with Crippen molar-refractivity contribution < 1.29 is 8.42 Å². The maximum atomic E-state index is 10.5. The molecule has 0 N–H and O–H groups in total. The maximum Gasteiger partial charge on any atom is 0.198 e. The molecular weight excluding hydrogens is 156 g/mol. The van der Waals surface area contributed by atoms with Gasteiger partial charge in [-0.05, 0) is 17.2 Å². The summed E-state index contributed by atoms with van der Waals surface area (Å²) >= 11 is 0. The van der Waals surface area contributed by atoms with Crippen LogP contribution in [-0.4, -0.2) is 20.4 Å². The molecule has 2 nitrogen and oxygen atoms in total. The van der Waals surface area contributed by atoms with Crippen LogP contribution in [0.15, 0.2) is 0 Å². The van der Waals surface area contributed by atoms with Gasteiger partial charge in [-0.1, -0.05) is 13.3 Å². The molecule has 0 bridgehead atoms. The van der Waals surface area contributed by atoms with Crippen molar-refractivity contribution in [1.29, 1.82) is 0 Å². The van der Waals surface area contributed by atoms with Crippen molar-refractivity contribution in [3.63, 3.8) is 0 Å². The third-order valence-electron chi connectivity index (χ3n) is 0.795. The van der Waals surface area contributed by atoms with Gasteiger partial charge in [0, 0.05) is 12.0 Å². The Morgan fingerprint density at radius 3 is 2.33 bits per heavy atom. The van der Waals surface area contributed by atoms with Crippen LogP contribution in [-0.2, 0) is 8.87 Å². The zero-order valence-corrected chi connectivity index (χ0v) is 7.39. The zero-order valence-electron chi connectivity index (χ0n) is 5.75. The van der Waals surface area contributed by atoms with E-state index in [1.807, 2.05) is 6.92 Å². The maximum absolute atomic E-state index is 10.5. The molecule has 0 aromatic rings. The van der Waals surface area contributed by atoms with E-state index in [4.69, 9.17) is 0 Å². The highest BCUT2D eigenvalue weighted by Gasteiger charge is 1.99. The quantitative estimate of drug-likeness (QED) is 0.471. The number of rotatable bonds is 4. The third-order valence-corrected chi connectivity index (χ3v) is 3.46. The molecule has 0 rings (SSSR count). The van der Waals surface area contributed by atoms with Gasteiger partial charge in [0.05, 0.1) is 0 Å². The molecule has 0 aliphatic heterocycles. The molecule has 56 valence electrons. The summed E-state index contributed by atoms with van der Waals surface area (Å²) in [4.78, 5) is 0. The van der Waals surface area contributed by atoms with E-state index in [2.05, 4.69) is 0 Å². The van der Waals surface area contributed by atoms with Gasteiger partial charge in [0.2, 0.25) is 0 Å². The Bertz CT molecular complexity index is 148. The molecule has 0 aromatic carbocycles. The average molecular weight is 168 g/mol. The van der Waals surface area contributed by atoms with E-state index in [9.17, 15) is 8.42 Å². The fourth-order valence-corrected chi connectivity index (χ4v) is 2.33. The van der Waals surface area contributed by atoms with Gasteiger partial charge in [0.15, 0.2) is 8.87 Å². The zero-order chi connectivity index (χ0) is 7.33. The van der Waals surface area contributed by atoms with Crippen LogP contribution in [0.4, 0.5) is 0 Å². The largest absolute Gasteiger partial charge is 0.218 e. The smallest absolute Gasteiger partial charge is 0.198 e. The van der Waals surface area contributed by atoms with E-state index in [0.717, 1.165) is 29.4 Å². The van der Waals surface area contributed by atoms with E-state index in [1.165, 1.54) is 6.26 Å². The van der Waals surface area contributed by atoms with E-state index >= 15 is 0 Å². The van der Waals surface area contributed by atoms with Gasteiger partial charge in [0.25, 0.3) is 0 Å². The van der Waals surface area contributed by atoms with Gasteiger partial charge in [-0.25, -0.2) is 8.42 Å². The van der Waals surface area contributed by atoms with Crippen molar-refractivity contribution in [2.24, 2.45) is 0 Å². The standard InChI is InChI=1S/C5H12O2S2/c1-3-4-5-8-9(2,6)7/h3-5H2,1-2H3. The van der Waals surface area contributed by atoms with Gasteiger partial charge in [0.1, 0.15) is 0 Å². The first-order valence-corrected chi connectivity index (χ1v) is 6.30. The highest BCUT2D eigenvalue weighted by Crippen LogP contribution is 2.11. The molecule has 0 unspecified atom stereocenters. The Hall–Kier alpha value is 0.300. The monoisotopic (exact) mass is 168 g/mol. The Morgan fingerprint density at radius 2 is 2.00 bits per heavy atom. The highest BCUT2D eigenvalue weighted by atomic mass is 33.1. The molecule has 0 amide bonds. The molecular formula is C5H12O2S2. The summed E-state index contributed by atoms with van der Waals surface area (Å²) in [5.74, 6) is 0.731. The lowest BCUT2D eigenvalue weighted by atomic mass is 10.4. The van der Waals surface area contributed by atoms with Gasteiger partial charge in [-0.3, -0.25) is 0 Å². The van der Waals surface area contributed by atoms with Gasteiger partial charge in [-0.15, -0.1) is 0 Å². The third kappa shape index (κ3) is 8.30. The minimum Gasteiger partial charge on any atom is -0.218 e. The summed E-state index contributed by atoms with van der Waals surface area (Å²) in [7, 11) is -1.75. The van der Waals surface area contributed by atoms with Crippen molar-refractivity contribution in [2.45, 2.75) is 19.8 Å². The second kappa shape index (κ2) is 4.17. The fraction of sp³-hybridized carbons (Fsp3) is 1.00. The van der Waals surface area contributed by atoms with Gasteiger partial charge >= 0.3 is 0 Å². The molecule has 0 saturated carbocycles. The second-order valence-corrected chi connectivity index (χ2v) is 6.46. The van der Waals surface area contributed by atoms with Gasteiger partial charge < -0.3 is 0 Å². The molecule has 0 aliphatic carbocycles. The number of unbranched alkanes of at least 4 members (excludes halogenated alkanes) is 1. The number of hydrogen-bond acceptors (Lipinski definition) is 3. The Morgan fingerprint density at radius 1 is 1.44 bits per heavy atom. The minimum absolute atomic E-state index is 0.731. The molecule has 0 aliphatic rings. The Balaban J connectivity index is 3.30. The first kappa shape index (κ1) is 9.30. The first-order chi connectivity index (χ1) is 4.06. The summed E-state index contributed by atoms with van der Waals surface area (Å²) in [6, 6.07) is 0. The molecule has 0 saturated heterocycles. The van der Waals surface area contributed by atoms with Crippen LogP contribution < -0.4 is 0 Å². The SMILES string of the molecule is CCCCSS(C)(=O)=O. The molecule has 0 heterocycles. The summed E-state index contributed by atoms with van der Waals surface area (Å²) in [5, 5.41) is 0. The van der Waals surface area contributed by atoms with Crippen LogP contribution in [0, 0.1) is 0 Å². The average Bonchev–Trinajstić information content (AvgIpc) is 1.63. The number of hydrogen-bond donors (Lipinski definition) is 0. The molecule has 0 fully saturated rings. The van der Waals surface area contributed by atoms with Crippen LogP contribution in [0.25, 0.3) is 0 Å². The molecule has 4 heteroatoms. The van der Waals surface area contributed by atoms with Crippen molar-refractivity contribution in [2.75, 3.05) is 12.0 Å². The summed E-state index contributed by atoms with van der Waals surface area (Å²) in [6.07, 6.45) is 3.29. The molecule has 0 spiro atoms. The van der Waals surface area contributed by atoms with Crippen LogP contribution in [0.2, 0.25) is 0 Å². The Kier molecular flexibility index (Phi) is 4.31. The molecule has 0 radical (unpaired) electrons. The van der Waals surface area contributed by atoms with Crippen LogP contribution >= 0.6 is 10.8 Å². The highest BCUT2D eigenvalue weighted by molar-refractivity contribution is 8.71. The van der Waals surface area contributed by atoms with Crippen LogP contribution in [0.5, 0.6) is 0 Å². The predicted molar refractivity (Wildman–Crippen MR) is 42.2 cm³/mol. The van der Waals surface area contributed by atoms with E-state index in [0.29, 0.717) is 0 Å². The molecule has 9 heavy (non-hydrogen) atoms. The predicted octanol–water partition coefficient (Wildman–Crippen LogP) is 1.48. The van der Waals surface area contributed by atoms with Crippen molar-refractivity contribution in [3.8, 4) is 0 Å². The van der Waals surface area contributed by atoms with Crippen LogP contribution in [0.1, 0.15) is 19.8 Å². The van der Waals surface area contributed by atoms with E-state index in [-0.39, 0.29) is 0 Å². The summed E-state index contributed by atoms with van der Waals surface area (Å²) < 4.78 is 20.9. The molecule has 0 atom stereocenters. The van der Waals surface area contributed by atoms with E-state index < -0.39 is 8.87 Å². The summed E-state index contributed by atoms with van der Waals surface area (Å²) in [5.41, 5.74) is 0. The minimum atomic E-state index is -2.78. The lowest BCUT2D eigenvalue weighted by molar-refractivity contribution is 0.615. The molecule has 0 aromatic heterocycles. The van der Waals surface area contributed by atoms with Crippen molar-refractivity contribution in [1.82, 2.24) is 0 Å². The first-order valence-electron chi connectivity index (χ1n) is 2.90. The second-order valence-electron chi connectivity index (χ2n) is 1.88. The normalized spacial score (nSPS) is 11.8.